The Kier molecular flexibility index (Phi) is 5.09. The number of anilines is 2. The predicted octanol–water partition coefficient (Wildman–Crippen LogP) is 5.25. The van der Waals surface area contributed by atoms with Crippen molar-refractivity contribution in [3.8, 4) is 5.82 Å². The first-order valence-electron chi connectivity index (χ1n) is 12.6. The summed E-state index contributed by atoms with van der Waals surface area (Å²) in [5.41, 5.74) is 2.87. The molecule has 2 N–H and O–H groups in total. The molecule has 0 spiro atoms. The number of aromatic nitrogens is 4. The van der Waals surface area contributed by atoms with Crippen molar-refractivity contribution in [1.82, 2.24) is 24.6 Å². The molecule has 4 aromatic rings. The Morgan fingerprint density at radius 3 is 2.72 bits per heavy atom. The summed E-state index contributed by atoms with van der Waals surface area (Å²) >= 11 is 0. The molecule has 1 aromatic carbocycles. The standard InChI is InChI=1S/C28H31FN6O/c1-27(2,29)23-6-5-7-25(33-23)35-22-15-24(30-16-20(22)26(36)34(35)19-9-10-19)32-18-8-11-21-17(14-18)12-13-31-28(21,3)4/h5-8,11,14-16,19,31H,9-10,12-13H2,1-4H3,(H,30,32). The minimum Gasteiger partial charge on any atom is -0.340 e. The average molecular weight is 487 g/mol. The highest BCUT2D eigenvalue weighted by molar-refractivity contribution is 5.82. The van der Waals surface area contributed by atoms with Gasteiger partial charge < -0.3 is 10.6 Å². The molecule has 0 bridgehead atoms. The lowest BCUT2D eigenvalue weighted by atomic mass is 9.85. The maximum atomic E-state index is 14.7. The molecule has 3 aromatic heterocycles. The zero-order valence-electron chi connectivity index (χ0n) is 21.1. The molecule has 186 valence electrons. The molecule has 0 unspecified atom stereocenters. The second-order valence-electron chi connectivity index (χ2n) is 10.9. The third kappa shape index (κ3) is 3.89. The summed E-state index contributed by atoms with van der Waals surface area (Å²) < 4.78 is 18.3. The summed E-state index contributed by atoms with van der Waals surface area (Å²) in [6.07, 6.45) is 4.47. The molecule has 36 heavy (non-hydrogen) atoms. The zero-order chi connectivity index (χ0) is 25.2. The fraction of sp³-hybridized carbons (Fsp3) is 0.393. The van der Waals surface area contributed by atoms with Gasteiger partial charge >= 0.3 is 0 Å². The summed E-state index contributed by atoms with van der Waals surface area (Å²) in [4.78, 5) is 22.5. The number of benzene rings is 1. The molecule has 0 amide bonds. The minimum absolute atomic E-state index is 0.0548. The normalized spacial score (nSPS) is 17.2. The van der Waals surface area contributed by atoms with Crippen LogP contribution in [0.2, 0.25) is 0 Å². The Balaban J connectivity index is 1.45. The van der Waals surface area contributed by atoms with Crippen LogP contribution in [-0.2, 0) is 17.6 Å². The van der Waals surface area contributed by atoms with Gasteiger partial charge in [0.25, 0.3) is 5.56 Å². The van der Waals surface area contributed by atoms with Crippen LogP contribution in [0.5, 0.6) is 0 Å². The zero-order valence-corrected chi connectivity index (χ0v) is 21.1. The number of nitrogens with zero attached hydrogens (tertiary/aromatic N) is 4. The summed E-state index contributed by atoms with van der Waals surface area (Å²) in [7, 11) is 0. The Hall–Kier alpha value is -3.52. The largest absolute Gasteiger partial charge is 0.340 e. The molecule has 0 radical (unpaired) electrons. The van der Waals surface area contributed by atoms with Crippen molar-refractivity contribution in [2.75, 3.05) is 11.9 Å². The summed E-state index contributed by atoms with van der Waals surface area (Å²) in [6.45, 7) is 8.32. The first-order valence-corrected chi connectivity index (χ1v) is 12.6. The lowest BCUT2D eigenvalue weighted by Gasteiger charge is -2.34. The van der Waals surface area contributed by atoms with Crippen molar-refractivity contribution in [1.29, 1.82) is 0 Å². The van der Waals surface area contributed by atoms with E-state index in [0.29, 0.717) is 28.2 Å². The van der Waals surface area contributed by atoms with Crippen LogP contribution in [0.15, 0.2) is 53.5 Å². The van der Waals surface area contributed by atoms with Gasteiger partial charge in [-0.15, -0.1) is 0 Å². The fourth-order valence-corrected chi connectivity index (χ4v) is 5.18. The molecular weight excluding hydrogens is 455 g/mol. The Morgan fingerprint density at radius 2 is 1.97 bits per heavy atom. The van der Waals surface area contributed by atoms with E-state index < -0.39 is 5.67 Å². The van der Waals surface area contributed by atoms with Crippen molar-refractivity contribution < 1.29 is 4.39 Å². The summed E-state index contributed by atoms with van der Waals surface area (Å²) in [5.74, 6) is 1.16. The van der Waals surface area contributed by atoms with Crippen LogP contribution in [0.3, 0.4) is 0 Å². The second-order valence-corrected chi connectivity index (χ2v) is 10.9. The molecule has 7 nitrogen and oxygen atoms in total. The molecule has 1 aliphatic heterocycles. The SMILES string of the molecule is CC(C)(F)c1cccc(-n2c3cc(Nc4ccc5c(c4)CCNC5(C)C)ncc3c(=O)n2C2CC2)n1. The highest BCUT2D eigenvalue weighted by Gasteiger charge is 2.31. The van der Waals surface area contributed by atoms with Gasteiger partial charge in [0.1, 0.15) is 11.5 Å². The van der Waals surface area contributed by atoms with Gasteiger partial charge in [-0.2, -0.15) is 0 Å². The Bertz CT molecular complexity index is 1540. The van der Waals surface area contributed by atoms with E-state index in [0.717, 1.165) is 31.5 Å². The number of pyridine rings is 2. The highest BCUT2D eigenvalue weighted by atomic mass is 19.1. The second kappa shape index (κ2) is 8.00. The van der Waals surface area contributed by atoms with Gasteiger partial charge in [0.05, 0.1) is 22.6 Å². The van der Waals surface area contributed by atoms with Gasteiger partial charge in [-0.1, -0.05) is 12.1 Å². The Morgan fingerprint density at radius 1 is 1.17 bits per heavy atom. The van der Waals surface area contributed by atoms with Crippen LogP contribution in [0.1, 0.15) is 63.4 Å². The van der Waals surface area contributed by atoms with Crippen LogP contribution in [0.4, 0.5) is 15.9 Å². The summed E-state index contributed by atoms with van der Waals surface area (Å²) in [5, 5.41) is 7.51. The third-order valence-corrected chi connectivity index (χ3v) is 7.23. The maximum Gasteiger partial charge on any atom is 0.276 e. The lowest BCUT2D eigenvalue weighted by Crippen LogP contribution is -2.42. The van der Waals surface area contributed by atoms with Gasteiger partial charge in [-0.25, -0.2) is 23.7 Å². The van der Waals surface area contributed by atoms with E-state index in [4.69, 9.17) is 0 Å². The fourth-order valence-electron chi connectivity index (χ4n) is 5.18. The Labute approximate surface area is 209 Å². The molecular formula is C28H31FN6O. The average Bonchev–Trinajstić information content (AvgIpc) is 3.62. The monoisotopic (exact) mass is 486 g/mol. The number of rotatable bonds is 5. The minimum atomic E-state index is -1.59. The third-order valence-electron chi connectivity index (χ3n) is 7.23. The van der Waals surface area contributed by atoms with E-state index in [-0.39, 0.29) is 17.1 Å². The van der Waals surface area contributed by atoms with E-state index in [1.807, 2.05) is 16.8 Å². The summed E-state index contributed by atoms with van der Waals surface area (Å²) in [6, 6.07) is 13.7. The van der Waals surface area contributed by atoms with Gasteiger partial charge in [-0.05, 0) is 88.9 Å². The van der Waals surface area contributed by atoms with E-state index in [9.17, 15) is 9.18 Å². The van der Waals surface area contributed by atoms with Crippen molar-refractivity contribution in [3.63, 3.8) is 0 Å². The maximum absolute atomic E-state index is 14.7. The van der Waals surface area contributed by atoms with Crippen molar-refractivity contribution in [2.45, 2.75) is 64.2 Å². The predicted molar refractivity (Wildman–Crippen MR) is 140 cm³/mol. The number of halogens is 1. The van der Waals surface area contributed by atoms with E-state index in [2.05, 4.69) is 52.6 Å². The molecule has 0 atom stereocenters. The van der Waals surface area contributed by atoms with Crippen LogP contribution >= 0.6 is 0 Å². The molecule has 8 heteroatoms. The topological polar surface area (TPSA) is 76.8 Å². The number of hydrogen-bond acceptors (Lipinski definition) is 5. The number of nitrogens with one attached hydrogen (secondary N) is 2. The molecule has 1 saturated carbocycles. The smallest absolute Gasteiger partial charge is 0.276 e. The van der Waals surface area contributed by atoms with Crippen LogP contribution in [-0.4, -0.2) is 25.9 Å². The first-order chi connectivity index (χ1) is 17.1. The number of hydrogen-bond donors (Lipinski definition) is 2. The molecule has 0 saturated heterocycles. The highest BCUT2D eigenvalue weighted by Crippen LogP contribution is 2.36. The van der Waals surface area contributed by atoms with E-state index in [1.54, 1.807) is 23.0 Å². The van der Waals surface area contributed by atoms with Gasteiger partial charge in [0.15, 0.2) is 5.82 Å². The molecule has 2 aliphatic rings. The molecule has 1 fully saturated rings. The van der Waals surface area contributed by atoms with Gasteiger partial charge in [0.2, 0.25) is 0 Å². The lowest BCUT2D eigenvalue weighted by molar-refractivity contribution is 0.214. The van der Waals surface area contributed by atoms with Gasteiger partial charge in [-0.3, -0.25) is 4.79 Å². The van der Waals surface area contributed by atoms with Crippen molar-refractivity contribution in [2.24, 2.45) is 0 Å². The number of fused-ring (bicyclic) bond motifs is 2. The van der Waals surface area contributed by atoms with E-state index in [1.165, 1.54) is 25.0 Å². The van der Waals surface area contributed by atoms with Crippen LogP contribution in [0, 0.1) is 0 Å². The molecule has 4 heterocycles. The van der Waals surface area contributed by atoms with Crippen LogP contribution < -0.4 is 16.2 Å². The van der Waals surface area contributed by atoms with Crippen LogP contribution in [0.25, 0.3) is 16.7 Å². The van der Waals surface area contributed by atoms with Crippen molar-refractivity contribution in [3.05, 3.63) is 75.8 Å². The first kappa shape index (κ1) is 22.9. The molecule has 6 rings (SSSR count). The molecule has 1 aliphatic carbocycles. The number of alkyl halides is 1. The van der Waals surface area contributed by atoms with Crippen molar-refractivity contribution >= 4 is 22.4 Å². The quantitative estimate of drug-likeness (QED) is 0.403. The van der Waals surface area contributed by atoms with Gasteiger partial charge in [0, 0.05) is 23.5 Å². The van der Waals surface area contributed by atoms with E-state index >= 15 is 0 Å².